The van der Waals surface area contributed by atoms with Crippen LogP contribution in [0.3, 0.4) is 0 Å². The number of carbonyl (C=O) groups is 2. The summed E-state index contributed by atoms with van der Waals surface area (Å²) in [5, 5.41) is 17.3. The molecule has 1 saturated heterocycles. The number of likely N-dealkylation sites (tertiary alicyclic amines) is 1. The van der Waals surface area contributed by atoms with Crippen LogP contribution in [-0.2, 0) is 0 Å². The number of aromatic carboxylic acids is 1. The van der Waals surface area contributed by atoms with Gasteiger partial charge in [-0.3, -0.25) is 9.78 Å². The standard InChI is InChI=1S/C21H22N6O3/c1-2-4-16-5-3-8-26(16)20(28)15-9-14(11-22-12-15)19-13-27(25-24-19)17-6-7-23-18(10-17)21(29)30/h6-7,9-13,16H,2-5,8H2,1H3,(H,29,30). The molecule has 1 amide bonds. The molecule has 9 heteroatoms. The zero-order valence-corrected chi connectivity index (χ0v) is 16.6. The Kier molecular flexibility index (Phi) is 5.51. The second kappa shape index (κ2) is 8.40. The fourth-order valence-electron chi connectivity index (χ4n) is 3.80. The predicted molar refractivity (Wildman–Crippen MR) is 108 cm³/mol. The van der Waals surface area contributed by atoms with Crippen LogP contribution >= 0.6 is 0 Å². The van der Waals surface area contributed by atoms with Gasteiger partial charge in [-0.1, -0.05) is 18.6 Å². The highest BCUT2D eigenvalue weighted by molar-refractivity contribution is 5.95. The van der Waals surface area contributed by atoms with Gasteiger partial charge in [0.2, 0.25) is 0 Å². The van der Waals surface area contributed by atoms with Crippen molar-refractivity contribution in [3.05, 3.63) is 54.2 Å². The highest BCUT2D eigenvalue weighted by Gasteiger charge is 2.29. The summed E-state index contributed by atoms with van der Waals surface area (Å²) in [6.07, 6.45) is 10.4. The van der Waals surface area contributed by atoms with Crippen molar-refractivity contribution in [2.45, 2.75) is 38.6 Å². The van der Waals surface area contributed by atoms with Gasteiger partial charge in [-0.05, 0) is 37.5 Å². The first-order chi connectivity index (χ1) is 14.6. The second-order valence-corrected chi connectivity index (χ2v) is 7.30. The third kappa shape index (κ3) is 3.91. The third-order valence-electron chi connectivity index (χ3n) is 5.26. The summed E-state index contributed by atoms with van der Waals surface area (Å²) < 4.78 is 1.47. The third-order valence-corrected chi connectivity index (χ3v) is 5.26. The van der Waals surface area contributed by atoms with Crippen LogP contribution in [0.5, 0.6) is 0 Å². The summed E-state index contributed by atoms with van der Waals surface area (Å²) in [7, 11) is 0. The lowest BCUT2D eigenvalue weighted by atomic mass is 10.1. The van der Waals surface area contributed by atoms with Gasteiger partial charge in [0.15, 0.2) is 0 Å². The molecule has 3 aromatic heterocycles. The number of carboxylic acids is 1. The van der Waals surface area contributed by atoms with Gasteiger partial charge in [-0.2, -0.15) is 0 Å². The van der Waals surface area contributed by atoms with E-state index < -0.39 is 5.97 Å². The van der Waals surface area contributed by atoms with Crippen LogP contribution in [0.2, 0.25) is 0 Å². The number of carbonyl (C=O) groups excluding carboxylic acids is 1. The predicted octanol–water partition coefficient (Wildman–Crippen LogP) is 2.83. The van der Waals surface area contributed by atoms with Gasteiger partial charge in [0.25, 0.3) is 5.91 Å². The molecule has 1 aliphatic heterocycles. The maximum absolute atomic E-state index is 13.0. The summed E-state index contributed by atoms with van der Waals surface area (Å²) in [4.78, 5) is 34.1. The lowest BCUT2D eigenvalue weighted by Crippen LogP contribution is -2.35. The highest BCUT2D eigenvalue weighted by atomic mass is 16.4. The van der Waals surface area contributed by atoms with E-state index in [4.69, 9.17) is 5.11 Å². The molecule has 154 valence electrons. The first-order valence-corrected chi connectivity index (χ1v) is 9.95. The SMILES string of the molecule is CCCC1CCCN1C(=O)c1cncc(-c2cn(-c3ccnc(C(=O)O)c3)nn2)c1. The minimum atomic E-state index is -1.11. The van der Waals surface area contributed by atoms with Crippen molar-refractivity contribution in [3.8, 4) is 16.9 Å². The lowest BCUT2D eigenvalue weighted by Gasteiger charge is -2.24. The molecular weight excluding hydrogens is 384 g/mol. The normalized spacial score (nSPS) is 16.0. The van der Waals surface area contributed by atoms with Crippen molar-refractivity contribution in [2.24, 2.45) is 0 Å². The molecule has 0 radical (unpaired) electrons. The molecule has 9 nitrogen and oxygen atoms in total. The summed E-state index contributed by atoms with van der Waals surface area (Å²) in [6.45, 7) is 2.91. The minimum absolute atomic E-state index is 0.00655. The molecule has 3 aromatic rings. The van der Waals surface area contributed by atoms with Crippen molar-refractivity contribution in [1.82, 2.24) is 29.9 Å². The van der Waals surface area contributed by atoms with Gasteiger partial charge in [0, 0.05) is 36.7 Å². The molecular formula is C21H22N6O3. The number of hydrogen-bond acceptors (Lipinski definition) is 6. The van der Waals surface area contributed by atoms with Gasteiger partial charge in [0.05, 0.1) is 17.4 Å². The summed E-state index contributed by atoms with van der Waals surface area (Å²) in [5.41, 5.74) is 2.19. The maximum atomic E-state index is 13.0. The molecule has 30 heavy (non-hydrogen) atoms. The fraction of sp³-hybridized carbons (Fsp3) is 0.333. The van der Waals surface area contributed by atoms with Crippen LogP contribution in [0.1, 0.15) is 53.5 Å². The van der Waals surface area contributed by atoms with Crippen LogP contribution in [0, 0.1) is 0 Å². The number of hydrogen-bond donors (Lipinski definition) is 1. The van der Waals surface area contributed by atoms with Crippen LogP contribution in [0.25, 0.3) is 16.9 Å². The van der Waals surface area contributed by atoms with E-state index in [9.17, 15) is 9.59 Å². The number of amides is 1. The van der Waals surface area contributed by atoms with E-state index in [1.165, 1.54) is 16.9 Å². The minimum Gasteiger partial charge on any atom is -0.477 e. The second-order valence-electron chi connectivity index (χ2n) is 7.30. The van der Waals surface area contributed by atoms with E-state index in [2.05, 4.69) is 27.2 Å². The molecule has 0 aliphatic carbocycles. The number of pyridine rings is 2. The quantitative estimate of drug-likeness (QED) is 0.669. The van der Waals surface area contributed by atoms with E-state index >= 15 is 0 Å². The summed E-state index contributed by atoms with van der Waals surface area (Å²) >= 11 is 0. The van der Waals surface area contributed by atoms with Crippen LogP contribution in [-0.4, -0.2) is 59.4 Å². The lowest BCUT2D eigenvalue weighted by molar-refractivity contribution is 0.0688. The Morgan fingerprint density at radius 2 is 2.13 bits per heavy atom. The average molecular weight is 406 g/mol. The van der Waals surface area contributed by atoms with Crippen molar-refractivity contribution in [1.29, 1.82) is 0 Å². The van der Waals surface area contributed by atoms with E-state index in [0.717, 1.165) is 32.2 Å². The molecule has 1 unspecified atom stereocenters. The first-order valence-electron chi connectivity index (χ1n) is 9.95. The largest absolute Gasteiger partial charge is 0.477 e. The molecule has 4 heterocycles. The van der Waals surface area contributed by atoms with E-state index in [1.807, 2.05) is 4.90 Å². The molecule has 0 spiro atoms. The van der Waals surface area contributed by atoms with Crippen molar-refractivity contribution >= 4 is 11.9 Å². The molecule has 1 atom stereocenters. The first kappa shape index (κ1) is 19.7. The Morgan fingerprint density at radius 3 is 2.93 bits per heavy atom. The zero-order valence-electron chi connectivity index (χ0n) is 16.6. The van der Waals surface area contributed by atoms with E-state index in [-0.39, 0.29) is 11.6 Å². The van der Waals surface area contributed by atoms with Gasteiger partial charge in [0.1, 0.15) is 11.4 Å². The zero-order chi connectivity index (χ0) is 21.1. The fourth-order valence-corrected chi connectivity index (χ4v) is 3.80. The number of aromatic nitrogens is 5. The molecule has 1 N–H and O–H groups in total. The van der Waals surface area contributed by atoms with Crippen LogP contribution < -0.4 is 0 Å². The molecule has 0 saturated carbocycles. The highest BCUT2D eigenvalue weighted by Crippen LogP contribution is 2.25. The monoisotopic (exact) mass is 406 g/mol. The Hall–Kier alpha value is -3.62. The Bertz CT molecular complexity index is 1080. The Morgan fingerprint density at radius 1 is 1.27 bits per heavy atom. The van der Waals surface area contributed by atoms with Gasteiger partial charge < -0.3 is 10.0 Å². The maximum Gasteiger partial charge on any atom is 0.354 e. The van der Waals surface area contributed by atoms with Crippen LogP contribution in [0.15, 0.2) is 43.0 Å². The number of nitrogens with zero attached hydrogens (tertiary/aromatic N) is 6. The summed E-state index contributed by atoms with van der Waals surface area (Å²) in [6, 6.07) is 5.13. The Labute approximate surface area is 173 Å². The molecule has 0 aromatic carbocycles. The van der Waals surface area contributed by atoms with Gasteiger partial charge >= 0.3 is 5.97 Å². The van der Waals surface area contributed by atoms with E-state index in [1.54, 1.807) is 30.7 Å². The average Bonchev–Trinajstić information content (AvgIpc) is 3.44. The van der Waals surface area contributed by atoms with Crippen molar-refractivity contribution in [2.75, 3.05) is 6.54 Å². The molecule has 4 rings (SSSR count). The summed E-state index contributed by atoms with van der Waals surface area (Å²) in [5.74, 6) is -1.12. The number of rotatable bonds is 6. The molecule has 0 bridgehead atoms. The van der Waals surface area contributed by atoms with Crippen molar-refractivity contribution in [3.63, 3.8) is 0 Å². The smallest absolute Gasteiger partial charge is 0.354 e. The molecule has 1 aliphatic rings. The number of carboxylic acid groups (broad SMARTS) is 1. The Balaban J connectivity index is 1.58. The topological polar surface area (TPSA) is 114 Å². The van der Waals surface area contributed by atoms with E-state index in [0.29, 0.717) is 28.6 Å². The van der Waals surface area contributed by atoms with Crippen molar-refractivity contribution < 1.29 is 14.7 Å². The van der Waals surface area contributed by atoms with Gasteiger partial charge in [-0.15, -0.1) is 5.10 Å². The van der Waals surface area contributed by atoms with Crippen LogP contribution in [0.4, 0.5) is 0 Å². The van der Waals surface area contributed by atoms with Gasteiger partial charge in [-0.25, -0.2) is 14.5 Å². The molecule has 1 fully saturated rings.